The van der Waals surface area contributed by atoms with Crippen molar-refractivity contribution < 1.29 is 9.53 Å². The van der Waals surface area contributed by atoms with Crippen LogP contribution < -0.4 is 4.74 Å². The second kappa shape index (κ2) is 6.09. The van der Waals surface area contributed by atoms with Gasteiger partial charge in [-0.1, -0.05) is 47.5 Å². The lowest BCUT2D eigenvalue weighted by Gasteiger charge is -2.10. The summed E-state index contributed by atoms with van der Waals surface area (Å²) in [7, 11) is 0. The third-order valence-electron chi connectivity index (χ3n) is 2.68. The van der Waals surface area contributed by atoms with Gasteiger partial charge in [-0.3, -0.25) is 4.79 Å². The van der Waals surface area contributed by atoms with Gasteiger partial charge in [0, 0.05) is 17.2 Å². The molecule has 0 unspecified atom stereocenters. The van der Waals surface area contributed by atoms with Gasteiger partial charge in [0.15, 0.2) is 0 Å². The topological polar surface area (TPSA) is 26.3 Å². The number of halogens is 2. The minimum Gasteiger partial charge on any atom is -0.492 e. The highest BCUT2D eigenvalue weighted by atomic mass is 35.5. The summed E-state index contributed by atoms with van der Waals surface area (Å²) >= 11 is 12.4. The molecule has 2 rings (SSSR count). The maximum absolute atomic E-state index is 10.6. The maximum atomic E-state index is 10.6. The molecule has 2 nitrogen and oxygen atoms in total. The molecule has 0 aliphatic heterocycles. The molecular weight excluding hydrogens is 283 g/mol. The second-order valence-corrected chi connectivity index (χ2v) is 4.75. The van der Waals surface area contributed by atoms with Crippen LogP contribution in [0.4, 0.5) is 0 Å². The van der Waals surface area contributed by atoms with E-state index in [2.05, 4.69) is 0 Å². The SMILES string of the molecule is CCOc1cc(Cl)c(-c2ccc(C=O)cc2)cc1Cl. The van der Waals surface area contributed by atoms with E-state index in [-0.39, 0.29) is 0 Å². The summed E-state index contributed by atoms with van der Waals surface area (Å²) in [6.45, 7) is 2.42. The van der Waals surface area contributed by atoms with Crippen molar-refractivity contribution in [1.29, 1.82) is 0 Å². The van der Waals surface area contributed by atoms with Gasteiger partial charge in [0.1, 0.15) is 12.0 Å². The summed E-state index contributed by atoms with van der Waals surface area (Å²) in [5.41, 5.74) is 2.34. The molecule has 0 aliphatic carbocycles. The molecule has 0 amide bonds. The molecule has 0 saturated heterocycles. The van der Waals surface area contributed by atoms with Crippen LogP contribution in [0.1, 0.15) is 17.3 Å². The zero-order chi connectivity index (χ0) is 13.8. The molecule has 2 aromatic rings. The lowest BCUT2D eigenvalue weighted by molar-refractivity contribution is 0.112. The van der Waals surface area contributed by atoms with Crippen molar-refractivity contribution in [3.05, 3.63) is 52.0 Å². The third-order valence-corrected chi connectivity index (χ3v) is 3.29. The zero-order valence-corrected chi connectivity index (χ0v) is 11.8. The largest absolute Gasteiger partial charge is 0.492 e. The molecule has 98 valence electrons. The van der Waals surface area contributed by atoms with Gasteiger partial charge < -0.3 is 4.74 Å². The van der Waals surface area contributed by atoms with E-state index in [0.29, 0.717) is 28.0 Å². The molecule has 19 heavy (non-hydrogen) atoms. The van der Waals surface area contributed by atoms with Crippen molar-refractivity contribution in [1.82, 2.24) is 0 Å². The van der Waals surface area contributed by atoms with Crippen LogP contribution in [-0.4, -0.2) is 12.9 Å². The molecular formula is C15H12Cl2O2. The van der Waals surface area contributed by atoms with Crippen molar-refractivity contribution in [2.45, 2.75) is 6.92 Å². The van der Waals surface area contributed by atoms with Gasteiger partial charge in [-0.15, -0.1) is 0 Å². The lowest BCUT2D eigenvalue weighted by atomic mass is 10.0. The van der Waals surface area contributed by atoms with Crippen LogP contribution in [0.5, 0.6) is 5.75 Å². The fraction of sp³-hybridized carbons (Fsp3) is 0.133. The van der Waals surface area contributed by atoms with Crippen LogP contribution in [0, 0.1) is 0 Å². The Balaban J connectivity index is 2.44. The van der Waals surface area contributed by atoms with Crippen LogP contribution in [-0.2, 0) is 0 Å². The van der Waals surface area contributed by atoms with Crippen molar-refractivity contribution in [2.24, 2.45) is 0 Å². The fourth-order valence-corrected chi connectivity index (χ4v) is 2.24. The van der Waals surface area contributed by atoms with Gasteiger partial charge in [-0.05, 0) is 18.6 Å². The van der Waals surface area contributed by atoms with E-state index in [9.17, 15) is 4.79 Å². The first kappa shape index (κ1) is 13.9. The number of hydrogen-bond donors (Lipinski definition) is 0. The smallest absolute Gasteiger partial charge is 0.150 e. The van der Waals surface area contributed by atoms with E-state index in [1.807, 2.05) is 19.1 Å². The number of ether oxygens (including phenoxy) is 1. The maximum Gasteiger partial charge on any atom is 0.150 e. The molecule has 0 heterocycles. The number of carbonyl (C=O) groups excluding carboxylic acids is 1. The van der Waals surface area contributed by atoms with Crippen molar-refractivity contribution >= 4 is 29.5 Å². The Kier molecular flexibility index (Phi) is 4.46. The van der Waals surface area contributed by atoms with Gasteiger partial charge in [-0.25, -0.2) is 0 Å². The van der Waals surface area contributed by atoms with E-state index < -0.39 is 0 Å². The lowest BCUT2D eigenvalue weighted by Crippen LogP contribution is -1.93. The Morgan fingerprint density at radius 3 is 2.37 bits per heavy atom. The first-order valence-corrected chi connectivity index (χ1v) is 6.58. The first-order chi connectivity index (χ1) is 9.15. The summed E-state index contributed by atoms with van der Waals surface area (Å²) in [5, 5.41) is 1.08. The molecule has 0 N–H and O–H groups in total. The molecule has 4 heteroatoms. The summed E-state index contributed by atoms with van der Waals surface area (Å²) in [5.74, 6) is 0.572. The van der Waals surface area contributed by atoms with Crippen molar-refractivity contribution in [3.8, 4) is 16.9 Å². The molecule has 2 aromatic carbocycles. The van der Waals surface area contributed by atoms with Crippen LogP contribution in [0.15, 0.2) is 36.4 Å². The van der Waals surface area contributed by atoms with E-state index in [1.54, 1.807) is 24.3 Å². The van der Waals surface area contributed by atoms with Gasteiger partial charge in [0.05, 0.1) is 16.7 Å². The molecule has 0 atom stereocenters. The average Bonchev–Trinajstić information content (AvgIpc) is 2.43. The number of carbonyl (C=O) groups is 1. The molecule has 0 fully saturated rings. The molecule has 0 aliphatic rings. The molecule has 0 radical (unpaired) electrons. The number of aldehydes is 1. The fourth-order valence-electron chi connectivity index (χ4n) is 1.76. The highest BCUT2D eigenvalue weighted by Crippen LogP contribution is 2.36. The van der Waals surface area contributed by atoms with Gasteiger partial charge in [0.2, 0.25) is 0 Å². The third kappa shape index (κ3) is 3.09. The highest BCUT2D eigenvalue weighted by molar-refractivity contribution is 6.36. The van der Waals surface area contributed by atoms with Gasteiger partial charge >= 0.3 is 0 Å². The minimum absolute atomic E-state index is 0.515. The second-order valence-electron chi connectivity index (χ2n) is 3.94. The predicted octanol–water partition coefficient (Wildman–Crippen LogP) is 4.87. The summed E-state index contributed by atoms with van der Waals surface area (Å²) < 4.78 is 5.38. The van der Waals surface area contributed by atoms with Crippen LogP contribution in [0.2, 0.25) is 10.0 Å². The Bertz CT molecular complexity index is 592. The van der Waals surface area contributed by atoms with E-state index in [4.69, 9.17) is 27.9 Å². The van der Waals surface area contributed by atoms with Crippen LogP contribution >= 0.6 is 23.2 Å². The standard InChI is InChI=1S/C15H12Cl2O2/c1-2-19-15-8-13(16)12(7-14(15)17)11-5-3-10(9-18)4-6-11/h3-9H,2H2,1H3. The summed E-state index contributed by atoms with van der Waals surface area (Å²) in [4.78, 5) is 10.6. The highest BCUT2D eigenvalue weighted by Gasteiger charge is 2.10. The molecule has 0 bridgehead atoms. The Hall–Kier alpha value is -1.51. The number of hydrogen-bond acceptors (Lipinski definition) is 2. The molecule has 0 spiro atoms. The normalized spacial score (nSPS) is 10.3. The van der Waals surface area contributed by atoms with Crippen LogP contribution in [0.3, 0.4) is 0 Å². The molecule has 0 saturated carbocycles. The minimum atomic E-state index is 0.515. The monoisotopic (exact) mass is 294 g/mol. The van der Waals surface area contributed by atoms with Crippen LogP contribution in [0.25, 0.3) is 11.1 Å². The first-order valence-electron chi connectivity index (χ1n) is 5.83. The Morgan fingerprint density at radius 2 is 1.79 bits per heavy atom. The van der Waals surface area contributed by atoms with E-state index in [1.165, 1.54) is 0 Å². The summed E-state index contributed by atoms with van der Waals surface area (Å²) in [6, 6.07) is 10.6. The van der Waals surface area contributed by atoms with E-state index in [0.717, 1.165) is 17.4 Å². The van der Waals surface area contributed by atoms with Crippen molar-refractivity contribution in [3.63, 3.8) is 0 Å². The van der Waals surface area contributed by atoms with Crippen molar-refractivity contribution in [2.75, 3.05) is 6.61 Å². The van der Waals surface area contributed by atoms with Gasteiger partial charge in [-0.2, -0.15) is 0 Å². The quantitative estimate of drug-likeness (QED) is 0.752. The predicted molar refractivity (Wildman–Crippen MR) is 78.5 cm³/mol. The zero-order valence-electron chi connectivity index (χ0n) is 10.3. The number of rotatable bonds is 4. The number of benzene rings is 2. The Morgan fingerprint density at radius 1 is 1.11 bits per heavy atom. The molecule has 0 aromatic heterocycles. The average molecular weight is 295 g/mol. The Labute approximate surface area is 121 Å². The summed E-state index contributed by atoms with van der Waals surface area (Å²) in [6.07, 6.45) is 0.802. The van der Waals surface area contributed by atoms with E-state index >= 15 is 0 Å². The van der Waals surface area contributed by atoms with Gasteiger partial charge in [0.25, 0.3) is 0 Å².